The van der Waals surface area contributed by atoms with E-state index in [1.807, 2.05) is 0 Å². The largest absolute Gasteiger partial charge is 0.480 e. The SMILES string of the molecule is CC(C)(C)OC(=O)N[C@@H](CO)Cc1cccc(C(F)(F)F)c1.CC(C)(C)OC(=O)N[C@H](Cc1cccc(C(F)(F)F)c1)C(=O)O. The number of carboxylic acid groups (broad SMARTS) is 1. The number of aliphatic hydroxyl groups excluding tert-OH is 1. The fourth-order valence-electron chi connectivity index (χ4n) is 3.55. The van der Waals surface area contributed by atoms with Crippen molar-refractivity contribution in [1.82, 2.24) is 10.6 Å². The highest BCUT2D eigenvalue weighted by atomic mass is 19.4. The first-order valence-electron chi connectivity index (χ1n) is 13.5. The molecule has 0 radical (unpaired) electrons. The molecule has 0 saturated carbocycles. The molecule has 0 aliphatic heterocycles. The van der Waals surface area contributed by atoms with Crippen LogP contribution >= 0.6 is 0 Å². The summed E-state index contributed by atoms with van der Waals surface area (Å²) in [5, 5.41) is 23.0. The zero-order chi connectivity index (χ0) is 34.8. The molecule has 4 N–H and O–H groups in total. The van der Waals surface area contributed by atoms with Crippen molar-refractivity contribution in [2.45, 2.75) is 90.0 Å². The molecule has 0 fully saturated rings. The minimum absolute atomic E-state index is 0.0691. The maximum atomic E-state index is 12.7. The zero-order valence-electron chi connectivity index (χ0n) is 25.6. The number of rotatable bonds is 8. The summed E-state index contributed by atoms with van der Waals surface area (Å²) in [6.07, 6.45) is -10.8. The van der Waals surface area contributed by atoms with Crippen LogP contribution in [0, 0.1) is 0 Å². The molecule has 0 heterocycles. The summed E-state index contributed by atoms with van der Waals surface area (Å²) < 4.78 is 85.9. The summed E-state index contributed by atoms with van der Waals surface area (Å²) in [5.74, 6) is -1.37. The standard InChI is InChI=1S/C15H18F3NO4.C15H20F3NO3/c1-14(2,3)23-13(22)19-11(12(20)21)8-9-5-4-6-10(7-9)15(16,17)18;1-14(2,3)22-13(21)19-12(9-20)8-10-5-4-6-11(7-10)15(16,17)18/h4-7,11H,8H2,1-3H3,(H,19,22)(H,20,21);4-7,12,20H,8-9H2,1-3H3,(H,19,21)/t11-;12-/m11/s1. The maximum Gasteiger partial charge on any atom is 0.416 e. The van der Waals surface area contributed by atoms with Gasteiger partial charge in [-0.05, 0) is 71.2 Å². The molecule has 0 aliphatic rings. The van der Waals surface area contributed by atoms with Crippen LogP contribution in [0.25, 0.3) is 0 Å². The lowest BCUT2D eigenvalue weighted by molar-refractivity contribution is -0.139. The van der Waals surface area contributed by atoms with Gasteiger partial charge in [0, 0.05) is 6.42 Å². The van der Waals surface area contributed by atoms with E-state index in [0.717, 1.165) is 24.3 Å². The normalized spacial score (nSPS) is 13.4. The Morgan fingerprint density at radius 3 is 1.47 bits per heavy atom. The van der Waals surface area contributed by atoms with E-state index in [1.165, 1.54) is 24.3 Å². The third kappa shape index (κ3) is 16.0. The van der Waals surface area contributed by atoms with Crippen molar-refractivity contribution in [2.75, 3.05) is 6.61 Å². The monoisotopic (exact) mass is 652 g/mol. The number of benzene rings is 2. The molecule has 0 aromatic heterocycles. The molecular weight excluding hydrogens is 614 g/mol. The van der Waals surface area contributed by atoms with Crippen molar-refractivity contribution in [1.29, 1.82) is 0 Å². The summed E-state index contributed by atoms with van der Waals surface area (Å²) in [6, 6.07) is 6.94. The molecule has 2 aromatic carbocycles. The number of aliphatic carboxylic acids is 1. The first-order valence-corrected chi connectivity index (χ1v) is 13.5. The van der Waals surface area contributed by atoms with Gasteiger partial charge in [0.1, 0.15) is 17.2 Å². The number of carboxylic acids is 1. The number of carbonyl (C=O) groups is 3. The van der Waals surface area contributed by atoms with Crippen molar-refractivity contribution >= 4 is 18.2 Å². The first-order chi connectivity index (χ1) is 20.4. The second kappa shape index (κ2) is 15.8. The van der Waals surface area contributed by atoms with Crippen LogP contribution in [0.1, 0.15) is 63.8 Å². The first kappa shape index (κ1) is 39.0. The molecule has 15 heteroatoms. The van der Waals surface area contributed by atoms with Crippen LogP contribution in [0.2, 0.25) is 0 Å². The average Bonchev–Trinajstić information content (AvgIpc) is 2.85. The molecule has 2 aromatic rings. The Labute approximate surface area is 256 Å². The fraction of sp³-hybridized carbons (Fsp3) is 0.500. The topological polar surface area (TPSA) is 134 Å². The van der Waals surface area contributed by atoms with E-state index in [2.05, 4.69) is 10.6 Å². The molecule has 0 unspecified atom stereocenters. The highest BCUT2D eigenvalue weighted by Gasteiger charge is 2.32. The molecule has 252 valence electrons. The summed E-state index contributed by atoms with van der Waals surface area (Å²) in [6.45, 7) is 9.48. The van der Waals surface area contributed by atoms with E-state index in [9.17, 15) is 45.8 Å². The van der Waals surface area contributed by atoms with E-state index in [4.69, 9.17) is 14.6 Å². The molecule has 0 saturated heterocycles. The van der Waals surface area contributed by atoms with Gasteiger partial charge in [0.25, 0.3) is 0 Å². The van der Waals surface area contributed by atoms with Gasteiger partial charge in [-0.15, -0.1) is 0 Å². The Bertz CT molecular complexity index is 1290. The van der Waals surface area contributed by atoms with Gasteiger partial charge in [-0.2, -0.15) is 26.3 Å². The lowest BCUT2D eigenvalue weighted by atomic mass is 10.0. The highest BCUT2D eigenvalue weighted by Crippen LogP contribution is 2.30. The van der Waals surface area contributed by atoms with Gasteiger partial charge in [0.05, 0.1) is 23.8 Å². The highest BCUT2D eigenvalue weighted by molar-refractivity contribution is 5.80. The molecule has 0 aliphatic carbocycles. The van der Waals surface area contributed by atoms with Gasteiger partial charge in [0.15, 0.2) is 0 Å². The molecule has 9 nitrogen and oxygen atoms in total. The number of halogens is 6. The van der Waals surface area contributed by atoms with Crippen LogP contribution in [0.4, 0.5) is 35.9 Å². The van der Waals surface area contributed by atoms with Gasteiger partial charge in [-0.3, -0.25) is 0 Å². The van der Waals surface area contributed by atoms with E-state index >= 15 is 0 Å². The lowest BCUT2D eigenvalue weighted by Crippen LogP contribution is -2.44. The number of nitrogens with one attached hydrogen (secondary N) is 2. The molecule has 2 amide bonds. The average molecular weight is 653 g/mol. The number of hydrogen-bond donors (Lipinski definition) is 4. The molecule has 45 heavy (non-hydrogen) atoms. The lowest BCUT2D eigenvalue weighted by Gasteiger charge is -2.23. The van der Waals surface area contributed by atoms with Crippen LogP contribution in [-0.4, -0.2) is 58.3 Å². The van der Waals surface area contributed by atoms with Gasteiger partial charge >= 0.3 is 30.5 Å². The molecule has 0 bridgehead atoms. The second-order valence-electron chi connectivity index (χ2n) is 11.9. The smallest absolute Gasteiger partial charge is 0.416 e. The minimum Gasteiger partial charge on any atom is -0.480 e. The Balaban J connectivity index is 0.000000450. The third-order valence-electron chi connectivity index (χ3n) is 5.36. The Hall–Kier alpha value is -4.01. The molecule has 2 rings (SSSR count). The predicted octanol–water partition coefficient (Wildman–Crippen LogP) is 6.36. The number of alkyl halides is 6. The van der Waals surface area contributed by atoms with E-state index in [1.54, 1.807) is 41.5 Å². The summed E-state index contributed by atoms with van der Waals surface area (Å²) in [4.78, 5) is 34.4. The Morgan fingerprint density at radius 2 is 1.11 bits per heavy atom. The van der Waals surface area contributed by atoms with E-state index in [0.29, 0.717) is 5.56 Å². The van der Waals surface area contributed by atoms with Crippen molar-refractivity contribution in [2.24, 2.45) is 0 Å². The second-order valence-corrected chi connectivity index (χ2v) is 11.9. The number of aliphatic hydroxyl groups is 1. The Kier molecular flexibility index (Phi) is 13.7. The number of hydrogen-bond acceptors (Lipinski definition) is 6. The third-order valence-corrected chi connectivity index (χ3v) is 5.36. The van der Waals surface area contributed by atoms with Crippen molar-refractivity contribution in [3.05, 3.63) is 70.8 Å². The number of ether oxygens (including phenoxy) is 2. The van der Waals surface area contributed by atoms with Crippen LogP contribution in [0.5, 0.6) is 0 Å². The van der Waals surface area contributed by atoms with Crippen LogP contribution in [0.15, 0.2) is 48.5 Å². The van der Waals surface area contributed by atoms with Crippen molar-refractivity contribution in [3.63, 3.8) is 0 Å². The number of alkyl carbamates (subject to hydrolysis) is 2. The van der Waals surface area contributed by atoms with Gasteiger partial charge in [-0.1, -0.05) is 36.4 Å². The predicted molar refractivity (Wildman–Crippen MR) is 151 cm³/mol. The van der Waals surface area contributed by atoms with Gasteiger partial charge < -0.3 is 30.3 Å². The minimum atomic E-state index is -4.52. The van der Waals surface area contributed by atoms with Crippen molar-refractivity contribution < 1.29 is 60.4 Å². The zero-order valence-corrected chi connectivity index (χ0v) is 25.6. The number of amides is 2. The molecule has 0 spiro atoms. The van der Waals surface area contributed by atoms with E-state index < -0.39 is 71.5 Å². The van der Waals surface area contributed by atoms with Crippen LogP contribution < -0.4 is 10.6 Å². The Morgan fingerprint density at radius 1 is 0.711 bits per heavy atom. The summed E-state index contributed by atoms with van der Waals surface area (Å²) in [7, 11) is 0. The number of carbonyl (C=O) groups excluding carboxylic acids is 2. The van der Waals surface area contributed by atoms with Crippen LogP contribution in [-0.2, 0) is 39.5 Å². The molecule has 2 atom stereocenters. The van der Waals surface area contributed by atoms with Gasteiger partial charge in [0.2, 0.25) is 0 Å². The van der Waals surface area contributed by atoms with Gasteiger partial charge in [-0.25, -0.2) is 14.4 Å². The van der Waals surface area contributed by atoms with E-state index in [-0.39, 0.29) is 18.4 Å². The summed E-state index contributed by atoms with van der Waals surface area (Å²) in [5.41, 5.74) is -2.65. The molecular formula is C30H38F6N2O7. The van der Waals surface area contributed by atoms with Crippen molar-refractivity contribution in [3.8, 4) is 0 Å². The maximum absolute atomic E-state index is 12.7. The summed E-state index contributed by atoms with van der Waals surface area (Å²) >= 11 is 0. The fourth-order valence-corrected chi connectivity index (χ4v) is 3.55. The quantitative estimate of drug-likeness (QED) is 0.244. The van der Waals surface area contributed by atoms with Crippen LogP contribution in [0.3, 0.4) is 0 Å².